The lowest BCUT2D eigenvalue weighted by Gasteiger charge is -2.35. The molecule has 1 aliphatic heterocycles. The van der Waals surface area contributed by atoms with Crippen LogP contribution in [0.4, 0.5) is 5.69 Å². The zero-order valence-corrected chi connectivity index (χ0v) is 25.7. The summed E-state index contributed by atoms with van der Waals surface area (Å²) in [5.74, 6) is 1.95. The topological polar surface area (TPSA) is 89.5 Å². The van der Waals surface area contributed by atoms with E-state index in [0.717, 1.165) is 78.3 Å². The third-order valence-electron chi connectivity index (χ3n) is 8.90. The van der Waals surface area contributed by atoms with E-state index in [1.54, 1.807) is 14.2 Å². The number of hydrogen-bond donors (Lipinski definition) is 1. The molecule has 2 atom stereocenters. The van der Waals surface area contributed by atoms with Crippen molar-refractivity contribution in [2.24, 2.45) is 17.0 Å². The summed E-state index contributed by atoms with van der Waals surface area (Å²) in [6, 6.07) is 24.3. The van der Waals surface area contributed by atoms with Crippen LogP contribution in [0.1, 0.15) is 60.8 Å². The number of benzene rings is 3. The lowest BCUT2D eigenvalue weighted by Crippen LogP contribution is -2.36. The van der Waals surface area contributed by atoms with Crippen molar-refractivity contribution in [3.8, 4) is 11.5 Å². The number of ether oxygens (including phenoxy) is 3. The Morgan fingerprint density at radius 2 is 1.70 bits per heavy atom. The number of hydrogen-bond acceptors (Lipinski definition) is 7. The first kappa shape index (κ1) is 31.3. The van der Waals surface area contributed by atoms with Gasteiger partial charge < -0.3 is 24.4 Å². The molecule has 5 rings (SSSR count). The standard InChI is InChI=1S/C36H43N3O5/c1-25(37-23-35(43-3)28-8-5-4-6-9-28)32-15-14-30(42-2)21-34(32)39-18-16-26(17-19-39)24-44-31-11-7-10-29(20-31)33(27-12-13-27)22-36(40)38-41/h4-11,14-15,20-21,26-27,33,35,37H,1,12-13,16-19,22-24H2,2-3H3. The third-order valence-corrected chi connectivity index (χ3v) is 8.90. The first-order chi connectivity index (χ1) is 21.5. The summed E-state index contributed by atoms with van der Waals surface area (Å²) >= 11 is 0. The number of rotatable bonds is 15. The van der Waals surface area contributed by atoms with E-state index in [1.807, 2.05) is 48.5 Å². The van der Waals surface area contributed by atoms with E-state index in [0.29, 0.717) is 25.0 Å². The van der Waals surface area contributed by atoms with Gasteiger partial charge in [-0.15, -0.1) is 4.91 Å². The van der Waals surface area contributed by atoms with Crippen molar-refractivity contribution >= 4 is 17.3 Å². The van der Waals surface area contributed by atoms with E-state index >= 15 is 0 Å². The lowest BCUT2D eigenvalue weighted by molar-refractivity contribution is -0.118. The Morgan fingerprint density at radius 1 is 0.955 bits per heavy atom. The van der Waals surface area contributed by atoms with Crippen LogP contribution in [-0.4, -0.2) is 46.4 Å². The molecule has 0 aromatic heterocycles. The highest BCUT2D eigenvalue weighted by Crippen LogP contribution is 2.45. The van der Waals surface area contributed by atoms with Gasteiger partial charge in [-0.1, -0.05) is 49.0 Å². The molecule has 3 aromatic carbocycles. The molecular weight excluding hydrogens is 554 g/mol. The van der Waals surface area contributed by atoms with Crippen molar-refractivity contribution < 1.29 is 19.0 Å². The summed E-state index contributed by atoms with van der Waals surface area (Å²) < 4.78 is 17.6. The minimum absolute atomic E-state index is 0.0343. The monoisotopic (exact) mass is 597 g/mol. The highest BCUT2D eigenvalue weighted by Gasteiger charge is 2.34. The molecule has 2 unspecified atom stereocenters. The number of piperidine rings is 1. The summed E-state index contributed by atoms with van der Waals surface area (Å²) in [4.78, 5) is 24.9. The molecular formula is C36H43N3O5. The summed E-state index contributed by atoms with van der Waals surface area (Å²) in [5, 5.41) is 6.13. The van der Waals surface area contributed by atoms with Crippen LogP contribution in [0, 0.1) is 16.7 Å². The molecule has 0 bridgehead atoms. The predicted molar refractivity (Wildman–Crippen MR) is 174 cm³/mol. The van der Waals surface area contributed by atoms with Gasteiger partial charge in [0, 0.05) is 61.4 Å². The molecule has 3 aromatic rings. The molecule has 232 valence electrons. The zero-order chi connectivity index (χ0) is 30.9. The number of methoxy groups -OCH3 is 2. The number of nitroso groups, excluding NO2 is 1. The molecule has 1 amide bonds. The molecule has 1 aliphatic carbocycles. The van der Waals surface area contributed by atoms with Gasteiger partial charge in [-0.25, -0.2) is 0 Å². The van der Waals surface area contributed by atoms with Crippen LogP contribution in [0.5, 0.6) is 11.5 Å². The van der Waals surface area contributed by atoms with Gasteiger partial charge in [0.25, 0.3) is 5.91 Å². The minimum Gasteiger partial charge on any atom is -0.497 e. The van der Waals surface area contributed by atoms with Crippen molar-refractivity contribution in [1.82, 2.24) is 5.32 Å². The maximum Gasteiger partial charge on any atom is 0.286 e. The van der Waals surface area contributed by atoms with Gasteiger partial charge in [-0.3, -0.25) is 4.79 Å². The molecule has 2 aliphatic rings. The van der Waals surface area contributed by atoms with Crippen molar-refractivity contribution in [2.75, 3.05) is 45.4 Å². The van der Waals surface area contributed by atoms with E-state index in [9.17, 15) is 9.70 Å². The number of carbonyl (C=O) groups is 1. The molecule has 0 spiro atoms. The Morgan fingerprint density at radius 3 is 2.39 bits per heavy atom. The Labute approximate surface area is 260 Å². The highest BCUT2D eigenvalue weighted by molar-refractivity contribution is 5.78. The Hall–Kier alpha value is -4.17. The van der Waals surface area contributed by atoms with Gasteiger partial charge in [0.15, 0.2) is 0 Å². The van der Waals surface area contributed by atoms with E-state index in [4.69, 9.17) is 14.2 Å². The van der Waals surface area contributed by atoms with Gasteiger partial charge in [-0.05, 0) is 78.8 Å². The SMILES string of the molecule is C=C(NCC(OC)c1ccccc1)c1ccc(OC)cc1N1CCC(COc2cccc(C(CC(=O)N=O)C3CC3)c2)CC1. The van der Waals surface area contributed by atoms with Crippen LogP contribution >= 0.6 is 0 Å². The summed E-state index contributed by atoms with van der Waals surface area (Å²) in [5.41, 5.74) is 5.17. The Kier molecular flexibility index (Phi) is 10.7. The predicted octanol–water partition coefficient (Wildman–Crippen LogP) is 7.12. The number of carbonyl (C=O) groups excluding carboxylic acids is 1. The van der Waals surface area contributed by atoms with E-state index < -0.39 is 5.91 Å². The second-order valence-corrected chi connectivity index (χ2v) is 11.8. The van der Waals surface area contributed by atoms with Gasteiger partial charge in [0.05, 0.1) is 19.8 Å². The summed E-state index contributed by atoms with van der Waals surface area (Å²) in [7, 11) is 3.42. The average molecular weight is 598 g/mol. The Balaban J connectivity index is 1.18. The number of nitrogens with zero attached hydrogens (tertiary/aromatic N) is 2. The summed E-state index contributed by atoms with van der Waals surface area (Å²) in [6.07, 6.45) is 4.26. The fraction of sp³-hybridized carbons (Fsp3) is 0.417. The molecule has 8 nitrogen and oxygen atoms in total. The van der Waals surface area contributed by atoms with Crippen molar-refractivity contribution in [2.45, 2.75) is 44.1 Å². The largest absolute Gasteiger partial charge is 0.497 e. The van der Waals surface area contributed by atoms with E-state index in [2.05, 4.69) is 46.2 Å². The van der Waals surface area contributed by atoms with Crippen molar-refractivity contribution in [3.05, 3.63) is 101 Å². The molecule has 1 saturated carbocycles. The second-order valence-electron chi connectivity index (χ2n) is 11.8. The maximum absolute atomic E-state index is 11.8. The minimum atomic E-state index is -0.579. The van der Waals surface area contributed by atoms with E-state index in [1.165, 1.54) is 0 Å². The first-order valence-electron chi connectivity index (χ1n) is 15.5. The highest BCUT2D eigenvalue weighted by atomic mass is 16.5. The molecule has 1 N–H and O–H groups in total. The van der Waals surface area contributed by atoms with Crippen LogP contribution in [0.2, 0.25) is 0 Å². The molecule has 2 fully saturated rings. The maximum atomic E-state index is 11.8. The van der Waals surface area contributed by atoms with Crippen LogP contribution in [0.15, 0.2) is 84.6 Å². The van der Waals surface area contributed by atoms with E-state index in [-0.39, 0.29) is 18.4 Å². The Bertz CT molecular complexity index is 1420. The van der Waals surface area contributed by atoms with Gasteiger partial charge in [0.2, 0.25) is 0 Å². The van der Waals surface area contributed by atoms with Crippen LogP contribution in [-0.2, 0) is 9.53 Å². The number of anilines is 1. The van der Waals surface area contributed by atoms with Crippen LogP contribution in [0.3, 0.4) is 0 Å². The molecule has 1 heterocycles. The third kappa shape index (κ3) is 8.05. The zero-order valence-electron chi connectivity index (χ0n) is 25.7. The second kappa shape index (κ2) is 15.0. The van der Waals surface area contributed by atoms with Gasteiger partial charge >= 0.3 is 0 Å². The normalized spacial score (nSPS) is 16.5. The average Bonchev–Trinajstić information content (AvgIpc) is 3.92. The van der Waals surface area contributed by atoms with Crippen LogP contribution in [0.25, 0.3) is 5.70 Å². The molecule has 0 radical (unpaired) electrons. The van der Waals surface area contributed by atoms with Crippen LogP contribution < -0.4 is 19.7 Å². The first-order valence-corrected chi connectivity index (χ1v) is 15.5. The fourth-order valence-electron chi connectivity index (χ4n) is 6.14. The van der Waals surface area contributed by atoms with Gasteiger partial charge in [0.1, 0.15) is 11.5 Å². The number of nitrogens with one attached hydrogen (secondary N) is 1. The molecule has 8 heteroatoms. The summed E-state index contributed by atoms with van der Waals surface area (Å²) in [6.45, 7) is 7.42. The molecule has 1 saturated heterocycles. The quantitative estimate of drug-likeness (QED) is 0.187. The van der Waals surface area contributed by atoms with Crippen molar-refractivity contribution in [3.63, 3.8) is 0 Å². The van der Waals surface area contributed by atoms with Gasteiger partial charge in [-0.2, -0.15) is 0 Å². The smallest absolute Gasteiger partial charge is 0.286 e. The van der Waals surface area contributed by atoms with Crippen molar-refractivity contribution in [1.29, 1.82) is 0 Å². The fourth-order valence-corrected chi connectivity index (χ4v) is 6.14. The lowest BCUT2D eigenvalue weighted by atomic mass is 9.90. The number of amides is 1. The molecule has 44 heavy (non-hydrogen) atoms.